The lowest BCUT2D eigenvalue weighted by Gasteiger charge is -2.41. The first-order valence-corrected chi connectivity index (χ1v) is 7.05. The highest BCUT2D eigenvalue weighted by Gasteiger charge is 2.34. The van der Waals surface area contributed by atoms with E-state index in [0.717, 1.165) is 19.5 Å². The van der Waals surface area contributed by atoms with Gasteiger partial charge in [-0.3, -0.25) is 4.79 Å². The van der Waals surface area contributed by atoms with Crippen LogP contribution >= 0.6 is 0 Å². The lowest BCUT2D eigenvalue weighted by atomic mass is 9.67. The second-order valence-corrected chi connectivity index (χ2v) is 5.84. The van der Waals surface area contributed by atoms with Crippen LogP contribution in [0.5, 0.6) is 0 Å². The first-order chi connectivity index (χ1) is 8.08. The fraction of sp³-hybridized carbons (Fsp3) is 0.929. The van der Waals surface area contributed by atoms with Gasteiger partial charge in [0.15, 0.2) is 0 Å². The van der Waals surface area contributed by atoms with Crippen molar-refractivity contribution in [1.82, 2.24) is 10.6 Å². The summed E-state index contributed by atoms with van der Waals surface area (Å²) >= 11 is 0. The largest absolute Gasteiger partial charge is 0.355 e. The molecule has 0 unspecified atom stereocenters. The first-order valence-electron chi connectivity index (χ1n) is 7.05. The molecule has 1 aliphatic rings. The molecule has 1 saturated carbocycles. The summed E-state index contributed by atoms with van der Waals surface area (Å²) in [7, 11) is 0. The Labute approximate surface area is 106 Å². The van der Waals surface area contributed by atoms with Crippen LogP contribution in [0, 0.1) is 11.3 Å². The van der Waals surface area contributed by atoms with Gasteiger partial charge >= 0.3 is 0 Å². The van der Waals surface area contributed by atoms with E-state index in [1.807, 2.05) is 0 Å². The highest BCUT2D eigenvalue weighted by molar-refractivity contribution is 5.77. The highest BCUT2D eigenvalue weighted by atomic mass is 16.1. The van der Waals surface area contributed by atoms with Gasteiger partial charge in [0.2, 0.25) is 5.91 Å². The van der Waals surface area contributed by atoms with E-state index in [4.69, 9.17) is 0 Å². The van der Waals surface area contributed by atoms with Crippen LogP contribution in [0.2, 0.25) is 0 Å². The van der Waals surface area contributed by atoms with Gasteiger partial charge in [-0.25, -0.2) is 0 Å². The average molecular weight is 240 g/mol. The molecule has 0 aromatic carbocycles. The van der Waals surface area contributed by atoms with Crippen LogP contribution in [-0.4, -0.2) is 25.5 Å². The minimum atomic E-state index is 0.135. The Morgan fingerprint density at radius 3 is 2.53 bits per heavy atom. The maximum absolute atomic E-state index is 11.5. The summed E-state index contributed by atoms with van der Waals surface area (Å²) in [5, 5.41) is 6.26. The molecule has 0 heterocycles. The Hall–Kier alpha value is -0.570. The molecule has 1 rings (SSSR count). The zero-order valence-corrected chi connectivity index (χ0v) is 11.6. The molecule has 2 N–H and O–H groups in total. The van der Waals surface area contributed by atoms with Crippen molar-refractivity contribution in [2.45, 2.75) is 52.9 Å². The van der Waals surface area contributed by atoms with Crippen molar-refractivity contribution in [2.24, 2.45) is 11.3 Å². The molecule has 1 amide bonds. The molecule has 3 nitrogen and oxygen atoms in total. The number of carbonyl (C=O) groups is 1. The summed E-state index contributed by atoms with van der Waals surface area (Å²) in [5.74, 6) is 0.790. The Bertz CT molecular complexity index is 229. The van der Waals surface area contributed by atoms with E-state index in [1.54, 1.807) is 0 Å². The highest BCUT2D eigenvalue weighted by Crippen LogP contribution is 2.42. The Balaban J connectivity index is 2.03. The summed E-state index contributed by atoms with van der Waals surface area (Å²) in [6, 6.07) is 0. The van der Waals surface area contributed by atoms with Crippen molar-refractivity contribution in [3.8, 4) is 0 Å². The van der Waals surface area contributed by atoms with Crippen LogP contribution in [0.4, 0.5) is 0 Å². The number of rotatable bonds is 8. The van der Waals surface area contributed by atoms with Gasteiger partial charge in [0.05, 0.1) is 6.54 Å². The number of hydrogen-bond donors (Lipinski definition) is 2. The van der Waals surface area contributed by atoms with Gasteiger partial charge in [-0.1, -0.05) is 27.2 Å². The van der Waals surface area contributed by atoms with Gasteiger partial charge in [0.25, 0.3) is 0 Å². The van der Waals surface area contributed by atoms with E-state index in [1.165, 1.54) is 25.7 Å². The van der Waals surface area contributed by atoms with Crippen molar-refractivity contribution >= 4 is 5.91 Å². The third-order valence-electron chi connectivity index (χ3n) is 3.99. The fourth-order valence-corrected chi connectivity index (χ4v) is 2.34. The molecule has 1 fully saturated rings. The number of nitrogens with one attached hydrogen (secondary N) is 2. The second-order valence-electron chi connectivity index (χ2n) is 5.84. The molecule has 3 heteroatoms. The topological polar surface area (TPSA) is 41.1 Å². The fourth-order valence-electron chi connectivity index (χ4n) is 2.34. The van der Waals surface area contributed by atoms with Crippen molar-refractivity contribution in [3.63, 3.8) is 0 Å². The molecule has 0 atom stereocenters. The van der Waals surface area contributed by atoms with Gasteiger partial charge in [-0.2, -0.15) is 0 Å². The standard InChI is InChI=1S/C14H28N2O/c1-4-14(7-5-8-14)11-15-10-13(17)16-9-6-12(2)3/h12,15H,4-11H2,1-3H3,(H,16,17). The van der Waals surface area contributed by atoms with Gasteiger partial charge < -0.3 is 10.6 Å². The Morgan fingerprint density at radius 1 is 1.35 bits per heavy atom. The van der Waals surface area contributed by atoms with E-state index >= 15 is 0 Å². The maximum atomic E-state index is 11.5. The SMILES string of the molecule is CCC1(CNCC(=O)NCCC(C)C)CCC1. The molecule has 0 bridgehead atoms. The molecule has 0 aromatic heterocycles. The molecule has 0 saturated heterocycles. The van der Waals surface area contributed by atoms with E-state index in [9.17, 15) is 4.79 Å². The number of hydrogen-bond acceptors (Lipinski definition) is 2. The molecular weight excluding hydrogens is 212 g/mol. The molecule has 100 valence electrons. The second kappa shape index (κ2) is 7.00. The van der Waals surface area contributed by atoms with Crippen LogP contribution in [-0.2, 0) is 4.79 Å². The van der Waals surface area contributed by atoms with Crippen molar-refractivity contribution in [2.75, 3.05) is 19.6 Å². The molecular formula is C14H28N2O. The van der Waals surface area contributed by atoms with Gasteiger partial charge in [0, 0.05) is 13.1 Å². The maximum Gasteiger partial charge on any atom is 0.233 e. The lowest BCUT2D eigenvalue weighted by Crippen LogP contribution is -2.43. The molecule has 0 aromatic rings. The summed E-state index contributed by atoms with van der Waals surface area (Å²) in [4.78, 5) is 11.5. The number of amides is 1. The quantitative estimate of drug-likeness (QED) is 0.683. The van der Waals surface area contributed by atoms with Crippen molar-refractivity contribution < 1.29 is 4.79 Å². The molecule has 1 aliphatic carbocycles. The van der Waals surface area contributed by atoms with Gasteiger partial charge in [-0.05, 0) is 37.0 Å². The van der Waals surface area contributed by atoms with Crippen LogP contribution < -0.4 is 10.6 Å². The normalized spacial score (nSPS) is 17.9. The van der Waals surface area contributed by atoms with Crippen LogP contribution in [0.15, 0.2) is 0 Å². The molecule has 0 spiro atoms. The predicted octanol–water partition coefficient (Wildman–Crippen LogP) is 2.32. The Kier molecular flexibility index (Phi) is 5.96. The summed E-state index contributed by atoms with van der Waals surface area (Å²) in [6.07, 6.45) is 6.30. The summed E-state index contributed by atoms with van der Waals surface area (Å²) < 4.78 is 0. The molecule has 17 heavy (non-hydrogen) atoms. The summed E-state index contributed by atoms with van der Waals surface area (Å²) in [5.41, 5.74) is 0.498. The van der Waals surface area contributed by atoms with Crippen LogP contribution in [0.3, 0.4) is 0 Å². The zero-order chi connectivity index (χ0) is 12.7. The van der Waals surface area contributed by atoms with Crippen LogP contribution in [0.25, 0.3) is 0 Å². The number of carbonyl (C=O) groups excluding carboxylic acids is 1. The minimum Gasteiger partial charge on any atom is -0.355 e. The van der Waals surface area contributed by atoms with E-state index in [2.05, 4.69) is 31.4 Å². The average Bonchev–Trinajstić information content (AvgIpc) is 2.21. The third kappa shape index (κ3) is 5.07. The van der Waals surface area contributed by atoms with E-state index in [-0.39, 0.29) is 5.91 Å². The predicted molar refractivity (Wildman–Crippen MR) is 71.9 cm³/mol. The monoisotopic (exact) mass is 240 g/mol. The van der Waals surface area contributed by atoms with E-state index < -0.39 is 0 Å². The molecule has 0 aliphatic heterocycles. The zero-order valence-electron chi connectivity index (χ0n) is 11.6. The van der Waals surface area contributed by atoms with Crippen molar-refractivity contribution in [1.29, 1.82) is 0 Å². The Morgan fingerprint density at radius 2 is 2.06 bits per heavy atom. The van der Waals surface area contributed by atoms with Crippen LogP contribution in [0.1, 0.15) is 52.9 Å². The molecule has 0 radical (unpaired) electrons. The minimum absolute atomic E-state index is 0.135. The van der Waals surface area contributed by atoms with Crippen molar-refractivity contribution in [3.05, 3.63) is 0 Å². The smallest absolute Gasteiger partial charge is 0.233 e. The van der Waals surface area contributed by atoms with E-state index in [0.29, 0.717) is 17.9 Å². The van der Waals surface area contributed by atoms with Gasteiger partial charge in [-0.15, -0.1) is 0 Å². The van der Waals surface area contributed by atoms with Gasteiger partial charge in [0.1, 0.15) is 0 Å². The summed E-state index contributed by atoms with van der Waals surface area (Å²) in [6.45, 7) is 8.87. The lowest BCUT2D eigenvalue weighted by molar-refractivity contribution is -0.120. The first kappa shape index (κ1) is 14.5. The third-order valence-corrected chi connectivity index (χ3v) is 3.99.